The summed E-state index contributed by atoms with van der Waals surface area (Å²) in [4.78, 5) is 0. The van der Waals surface area contributed by atoms with Crippen LogP contribution < -0.4 is 5.32 Å². The highest BCUT2D eigenvalue weighted by Crippen LogP contribution is 2.47. The van der Waals surface area contributed by atoms with E-state index in [4.69, 9.17) is 4.42 Å². The summed E-state index contributed by atoms with van der Waals surface area (Å²) in [5.74, 6) is 4.45. The summed E-state index contributed by atoms with van der Waals surface area (Å²) in [5, 5.41) is 3.61. The Balaban J connectivity index is 1.30. The number of nitrogens with one attached hydrogen (secondary N) is 1. The number of rotatable bonds is 5. The molecular weight excluding hydrogens is 246 g/mol. The summed E-state index contributed by atoms with van der Waals surface area (Å²) >= 11 is 0. The second-order valence-corrected chi connectivity index (χ2v) is 6.36. The Bertz CT molecular complexity index is 588. The molecule has 2 aliphatic carbocycles. The lowest BCUT2D eigenvalue weighted by Gasteiger charge is -2.02. The summed E-state index contributed by atoms with van der Waals surface area (Å²) in [6.07, 6.45) is 2.54. The molecule has 20 heavy (non-hydrogen) atoms. The van der Waals surface area contributed by atoms with E-state index in [0.717, 1.165) is 18.2 Å². The Morgan fingerprint density at radius 1 is 1.05 bits per heavy atom. The van der Waals surface area contributed by atoms with Crippen molar-refractivity contribution in [1.82, 2.24) is 5.32 Å². The van der Waals surface area contributed by atoms with Crippen molar-refractivity contribution in [2.45, 2.75) is 44.2 Å². The van der Waals surface area contributed by atoms with E-state index in [1.807, 2.05) is 0 Å². The second-order valence-electron chi connectivity index (χ2n) is 6.36. The standard InChI is InChI=1S/C18H21NO/c1-12-9-15(12)18-8-7-14(20-18)11-19-17-10-16(17)13-5-3-2-4-6-13/h2-8,12,15-17,19H,9-11H2,1H3. The SMILES string of the molecule is CC1CC1c1ccc(CNC2CC2c2ccccc2)o1. The minimum atomic E-state index is 0.616. The van der Waals surface area contributed by atoms with E-state index >= 15 is 0 Å². The Labute approximate surface area is 120 Å². The van der Waals surface area contributed by atoms with E-state index in [1.165, 1.54) is 24.2 Å². The third-order valence-electron chi connectivity index (χ3n) is 4.71. The van der Waals surface area contributed by atoms with Crippen LogP contribution in [0.3, 0.4) is 0 Å². The number of hydrogen-bond acceptors (Lipinski definition) is 2. The van der Waals surface area contributed by atoms with Crippen LogP contribution in [0.1, 0.15) is 48.7 Å². The molecule has 0 aliphatic heterocycles. The molecule has 1 heterocycles. The normalized spacial score (nSPS) is 31.2. The van der Waals surface area contributed by atoms with Crippen molar-refractivity contribution in [3.63, 3.8) is 0 Å². The fourth-order valence-corrected chi connectivity index (χ4v) is 3.13. The van der Waals surface area contributed by atoms with E-state index in [2.05, 4.69) is 54.7 Å². The van der Waals surface area contributed by atoms with Crippen molar-refractivity contribution in [3.8, 4) is 0 Å². The molecule has 2 nitrogen and oxygen atoms in total. The minimum Gasteiger partial charge on any atom is -0.464 e. The lowest BCUT2D eigenvalue weighted by molar-refractivity contribution is 0.442. The molecule has 2 saturated carbocycles. The zero-order valence-electron chi connectivity index (χ0n) is 11.9. The fraction of sp³-hybridized carbons (Fsp3) is 0.444. The molecule has 0 bridgehead atoms. The smallest absolute Gasteiger partial charge is 0.117 e. The van der Waals surface area contributed by atoms with Gasteiger partial charge in [-0.25, -0.2) is 0 Å². The van der Waals surface area contributed by atoms with E-state index in [1.54, 1.807) is 0 Å². The van der Waals surface area contributed by atoms with E-state index in [0.29, 0.717) is 17.9 Å². The predicted octanol–water partition coefficient (Wildman–Crippen LogP) is 4.05. The molecule has 2 fully saturated rings. The second kappa shape index (κ2) is 4.78. The van der Waals surface area contributed by atoms with Gasteiger partial charge in [0.2, 0.25) is 0 Å². The van der Waals surface area contributed by atoms with E-state index in [-0.39, 0.29) is 0 Å². The topological polar surface area (TPSA) is 25.2 Å². The molecule has 1 aromatic carbocycles. The Morgan fingerprint density at radius 3 is 2.60 bits per heavy atom. The molecule has 4 atom stereocenters. The predicted molar refractivity (Wildman–Crippen MR) is 79.7 cm³/mol. The van der Waals surface area contributed by atoms with E-state index < -0.39 is 0 Å². The monoisotopic (exact) mass is 267 g/mol. The average molecular weight is 267 g/mol. The molecule has 1 aromatic heterocycles. The van der Waals surface area contributed by atoms with Gasteiger partial charge in [-0.1, -0.05) is 37.3 Å². The summed E-state index contributed by atoms with van der Waals surface area (Å²) in [7, 11) is 0. The summed E-state index contributed by atoms with van der Waals surface area (Å²) < 4.78 is 5.93. The molecule has 2 aliphatic rings. The van der Waals surface area contributed by atoms with Crippen LogP contribution >= 0.6 is 0 Å². The maximum Gasteiger partial charge on any atom is 0.117 e. The molecule has 2 aromatic rings. The van der Waals surface area contributed by atoms with Gasteiger partial charge < -0.3 is 9.73 Å². The van der Waals surface area contributed by atoms with Gasteiger partial charge in [-0.3, -0.25) is 0 Å². The lowest BCUT2D eigenvalue weighted by atomic mass is 10.1. The fourth-order valence-electron chi connectivity index (χ4n) is 3.13. The molecule has 0 saturated heterocycles. The zero-order valence-corrected chi connectivity index (χ0v) is 11.9. The Kier molecular flexibility index (Phi) is 2.92. The summed E-state index contributed by atoms with van der Waals surface area (Å²) in [6, 6.07) is 15.7. The molecule has 104 valence electrons. The maximum absolute atomic E-state index is 5.93. The first-order valence-electron chi connectivity index (χ1n) is 7.68. The van der Waals surface area contributed by atoms with Crippen molar-refractivity contribution in [2.24, 2.45) is 5.92 Å². The molecule has 4 unspecified atom stereocenters. The summed E-state index contributed by atoms with van der Waals surface area (Å²) in [5.41, 5.74) is 1.46. The van der Waals surface area contributed by atoms with Crippen LogP contribution in [0.2, 0.25) is 0 Å². The average Bonchev–Trinajstić information content (AvgIpc) is 3.37. The molecule has 2 heteroatoms. The van der Waals surface area contributed by atoms with Crippen molar-refractivity contribution < 1.29 is 4.42 Å². The van der Waals surface area contributed by atoms with Crippen LogP contribution in [0.5, 0.6) is 0 Å². The zero-order chi connectivity index (χ0) is 13.5. The van der Waals surface area contributed by atoms with Gasteiger partial charge in [0.1, 0.15) is 11.5 Å². The third-order valence-corrected chi connectivity index (χ3v) is 4.71. The highest BCUT2D eigenvalue weighted by Gasteiger charge is 2.38. The first-order chi connectivity index (χ1) is 9.81. The molecular formula is C18H21NO. The van der Waals surface area contributed by atoms with Gasteiger partial charge in [-0.2, -0.15) is 0 Å². The molecule has 1 N–H and O–H groups in total. The largest absolute Gasteiger partial charge is 0.464 e. The van der Waals surface area contributed by atoms with Gasteiger partial charge in [0.05, 0.1) is 6.54 Å². The van der Waals surface area contributed by atoms with Gasteiger partial charge in [0.15, 0.2) is 0 Å². The van der Waals surface area contributed by atoms with Crippen molar-refractivity contribution in [3.05, 3.63) is 59.5 Å². The first-order valence-corrected chi connectivity index (χ1v) is 7.68. The van der Waals surface area contributed by atoms with Crippen LogP contribution in [-0.2, 0) is 6.54 Å². The quantitative estimate of drug-likeness (QED) is 0.884. The number of benzene rings is 1. The van der Waals surface area contributed by atoms with Gasteiger partial charge in [-0.15, -0.1) is 0 Å². The maximum atomic E-state index is 5.93. The minimum absolute atomic E-state index is 0.616. The lowest BCUT2D eigenvalue weighted by Crippen LogP contribution is -2.16. The first kappa shape index (κ1) is 12.2. The van der Waals surface area contributed by atoms with Crippen LogP contribution in [0.15, 0.2) is 46.9 Å². The van der Waals surface area contributed by atoms with Gasteiger partial charge >= 0.3 is 0 Å². The highest BCUT2D eigenvalue weighted by molar-refractivity contribution is 5.27. The van der Waals surface area contributed by atoms with Crippen molar-refractivity contribution in [1.29, 1.82) is 0 Å². The van der Waals surface area contributed by atoms with Crippen LogP contribution in [0.25, 0.3) is 0 Å². The molecule has 0 spiro atoms. The van der Waals surface area contributed by atoms with E-state index in [9.17, 15) is 0 Å². The molecule has 4 rings (SSSR count). The van der Waals surface area contributed by atoms with Gasteiger partial charge in [0.25, 0.3) is 0 Å². The summed E-state index contributed by atoms with van der Waals surface area (Å²) in [6.45, 7) is 3.15. The van der Waals surface area contributed by atoms with Crippen molar-refractivity contribution in [2.75, 3.05) is 0 Å². The Morgan fingerprint density at radius 2 is 1.85 bits per heavy atom. The van der Waals surface area contributed by atoms with Crippen molar-refractivity contribution >= 4 is 0 Å². The van der Waals surface area contributed by atoms with Gasteiger partial charge in [0, 0.05) is 17.9 Å². The molecule has 0 amide bonds. The van der Waals surface area contributed by atoms with Crippen LogP contribution in [-0.4, -0.2) is 6.04 Å². The number of furan rings is 1. The third kappa shape index (κ3) is 2.40. The van der Waals surface area contributed by atoms with Crippen LogP contribution in [0, 0.1) is 5.92 Å². The molecule has 0 radical (unpaired) electrons. The van der Waals surface area contributed by atoms with Crippen LogP contribution in [0.4, 0.5) is 0 Å². The Hall–Kier alpha value is -1.54. The van der Waals surface area contributed by atoms with Gasteiger partial charge in [-0.05, 0) is 36.5 Å². The highest BCUT2D eigenvalue weighted by atomic mass is 16.3. The number of hydrogen-bond donors (Lipinski definition) is 1.